The molecule has 1 N–H and O–H groups in total. The highest BCUT2D eigenvalue weighted by Crippen LogP contribution is 2.37. The number of rotatable bonds is 6. The van der Waals surface area contributed by atoms with Crippen LogP contribution in [-0.2, 0) is 23.0 Å². The van der Waals surface area contributed by atoms with Gasteiger partial charge in [-0.3, -0.25) is 14.3 Å². The lowest BCUT2D eigenvalue weighted by Crippen LogP contribution is -2.25. The normalized spacial score (nSPS) is 13.3. The predicted molar refractivity (Wildman–Crippen MR) is 133 cm³/mol. The third-order valence-corrected chi connectivity index (χ3v) is 6.89. The first-order valence-corrected chi connectivity index (χ1v) is 13.0. The number of methoxy groups -OCH3 is 1. The Balaban J connectivity index is 1.53. The van der Waals surface area contributed by atoms with Gasteiger partial charge < -0.3 is 14.8 Å². The summed E-state index contributed by atoms with van der Waals surface area (Å²) in [6.07, 6.45) is 4.22. The zero-order chi connectivity index (χ0) is 25.3. The average Bonchev–Trinajstić information content (AvgIpc) is 3.38. The molecule has 0 aliphatic carbocycles. The Morgan fingerprint density at radius 1 is 1.17 bits per heavy atom. The van der Waals surface area contributed by atoms with E-state index in [2.05, 4.69) is 20.3 Å². The molecular weight excluding hydrogens is 482 g/mol. The van der Waals surface area contributed by atoms with Gasteiger partial charge in [0.15, 0.2) is 21.3 Å². The van der Waals surface area contributed by atoms with E-state index in [0.29, 0.717) is 35.7 Å². The highest BCUT2D eigenvalue weighted by molar-refractivity contribution is 7.90. The Morgan fingerprint density at radius 3 is 2.67 bits per heavy atom. The quantitative estimate of drug-likeness (QED) is 0.424. The molecule has 0 radical (unpaired) electrons. The Hall–Kier alpha value is -4.25. The number of nitrogens with one attached hydrogen (secondary N) is 1. The predicted octanol–water partition coefficient (Wildman–Crippen LogP) is 2.59. The molecule has 0 bridgehead atoms. The number of nitrogens with zero attached hydrogens (tertiary/aromatic N) is 4. The molecule has 11 heteroatoms. The van der Waals surface area contributed by atoms with E-state index in [1.807, 2.05) is 10.6 Å². The Labute approximate surface area is 207 Å². The van der Waals surface area contributed by atoms with Crippen molar-refractivity contribution in [2.24, 2.45) is 4.99 Å². The van der Waals surface area contributed by atoms with Crippen LogP contribution in [-0.4, -0.2) is 48.8 Å². The molecule has 3 heterocycles. The minimum absolute atomic E-state index is 0.195. The molecule has 2 aromatic carbocycles. The lowest BCUT2D eigenvalue weighted by Gasteiger charge is -2.15. The summed E-state index contributed by atoms with van der Waals surface area (Å²) in [5, 5.41) is 4.14. The number of ether oxygens (including phenoxy) is 2. The second kappa shape index (κ2) is 9.42. The van der Waals surface area contributed by atoms with Gasteiger partial charge in [0.2, 0.25) is 5.62 Å². The van der Waals surface area contributed by atoms with Crippen LogP contribution < -0.4 is 20.4 Å². The molecule has 5 rings (SSSR count). The summed E-state index contributed by atoms with van der Waals surface area (Å²) in [7, 11) is -1.75. The number of carbonyl (C=O) groups excluding carboxylic acids is 1. The molecule has 1 aliphatic heterocycles. The highest BCUT2D eigenvalue weighted by atomic mass is 32.2. The number of benzene rings is 2. The average molecular weight is 506 g/mol. The summed E-state index contributed by atoms with van der Waals surface area (Å²) in [5.74, 6) is 1.21. The molecule has 0 spiro atoms. The number of amides is 1. The molecule has 4 aromatic rings. The van der Waals surface area contributed by atoms with Crippen molar-refractivity contribution in [1.82, 2.24) is 14.5 Å². The molecule has 36 heavy (non-hydrogen) atoms. The Bertz CT molecular complexity index is 1630. The Kier molecular flexibility index (Phi) is 6.15. The molecule has 0 atom stereocenters. The smallest absolute Gasteiger partial charge is 0.281 e. The van der Waals surface area contributed by atoms with Crippen molar-refractivity contribution in [3.63, 3.8) is 0 Å². The second-order valence-corrected chi connectivity index (χ2v) is 10.2. The van der Waals surface area contributed by atoms with Crippen LogP contribution in [0.5, 0.6) is 11.5 Å². The molecule has 0 saturated carbocycles. The Morgan fingerprint density at radius 2 is 1.97 bits per heavy atom. The van der Waals surface area contributed by atoms with Crippen LogP contribution in [0.15, 0.2) is 70.8 Å². The van der Waals surface area contributed by atoms with E-state index in [1.54, 1.807) is 48.7 Å². The first-order chi connectivity index (χ1) is 17.3. The van der Waals surface area contributed by atoms with Crippen molar-refractivity contribution in [3.05, 3.63) is 77.7 Å². The van der Waals surface area contributed by atoms with Crippen LogP contribution >= 0.6 is 0 Å². The number of fused-ring (bicyclic) bond motifs is 3. The fourth-order valence-electron chi connectivity index (χ4n) is 3.98. The fourth-order valence-corrected chi connectivity index (χ4v) is 4.61. The number of sulfone groups is 1. The summed E-state index contributed by atoms with van der Waals surface area (Å²) in [5.41, 5.74) is 1.91. The zero-order valence-corrected chi connectivity index (χ0v) is 20.4. The maximum absolute atomic E-state index is 12.7. The molecule has 0 unspecified atom stereocenters. The molecule has 10 nitrogen and oxygen atoms in total. The molecule has 2 aromatic heterocycles. The van der Waals surface area contributed by atoms with Crippen LogP contribution in [0.3, 0.4) is 0 Å². The maximum Gasteiger partial charge on any atom is 0.281 e. The van der Waals surface area contributed by atoms with E-state index in [0.717, 1.165) is 16.8 Å². The first kappa shape index (κ1) is 23.5. The maximum atomic E-state index is 12.7. The minimum atomic E-state index is -3.27. The first-order valence-electron chi connectivity index (χ1n) is 11.1. The molecule has 184 valence electrons. The van der Waals surface area contributed by atoms with E-state index in [9.17, 15) is 13.2 Å². The van der Waals surface area contributed by atoms with E-state index in [1.165, 1.54) is 19.6 Å². The topological polar surface area (TPSA) is 125 Å². The fraction of sp³-hybridized carbons (Fsp3) is 0.200. The molecule has 0 saturated heterocycles. The molecule has 0 fully saturated rings. The molecule has 1 aliphatic rings. The van der Waals surface area contributed by atoms with E-state index in [4.69, 9.17) is 9.47 Å². The number of hydrogen-bond donors (Lipinski definition) is 1. The van der Waals surface area contributed by atoms with Gasteiger partial charge in [-0.05, 0) is 42.0 Å². The lowest BCUT2D eigenvalue weighted by atomic mass is 10.2. The van der Waals surface area contributed by atoms with Gasteiger partial charge >= 0.3 is 0 Å². The van der Waals surface area contributed by atoms with Gasteiger partial charge in [-0.25, -0.2) is 13.4 Å². The second-order valence-electron chi connectivity index (χ2n) is 8.20. The van der Waals surface area contributed by atoms with E-state index >= 15 is 0 Å². The van der Waals surface area contributed by atoms with Crippen molar-refractivity contribution < 1.29 is 22.7 Å². The number of aromatic nitrogens is 3. The number of pyridine rings is 1. The van der Waals surface area contributed by atoms with Crippen molar-refractivity contribution >= 4 is 32.5 Å². The zero-order valence-electron chi connectivity index (χ0n) is 19.6. The summed E-state index contributed by atoms with van der Waals surface area (Å²) < 4.78 is 36.9. The summed E-state index contributed by atoms with van der Waals surface area (Å²) in [4.78, 5) is 25.9. The van der Waals surface area contributed by atoms with Crippen molar-refractivity contribution in [1.29, 1.82) is 0 Å². The number of anilines is 1. The van der Waals surface area contributed by atoms with Gasteiger partial charge in [0.05, 0.1) is 17.6 Å². The summed E-state index contributed by atoms with van der Waals surface area (Å²) in [6, 6.07) is 13.5. The van der Waals surface area contributed by atoms with Crippen molar-refractivity contribution in [2.75, 3.05) is 25.2 Å². The monoisotopic (exact) mass is 505 g/mol. The summed E-state index contributed by atoms with van der Waals surface area (Å²) >= 11 is 0. The summed E-state index contributed by atoms with van der Waals surface area (Å²) in [6.45, 7) is 1.48. The highest BCUT2D eigenvalue weighted by Gasteiger charge is 2.21. The van der Waals surface area contributed by atoms with E-state index in [-0.39, 0.29) is 17.1 Å². The third-order valence-electron chi connectivity index (χ3n) is 5.76. The van der Waals surface area contributed by atoms with Crippen molar-refractivity contribution in [2.45, 2.75) is 18.0 Å². The van der Waals surface area contributed by atoms with Crippen LogP contribution in [0.25, 0.3) is 10.9 Å². The standard InChI is InChI=1S/C25H23N5O5S/c1-34-22-20(35-15-16-5-7-18(8-6-16)36(2,32)33)10-9-19-21(22)28-25(30-13-12-27-23(19)30)29-24(31)17-4-3-11-26-14-17/h3-11,14,27H,12-13,15H2,1-2H3. The third kappa shape index (κ3) is 4.52. The van der Waals surface area contributed by atoms with Crippen LogP contribution in [0, 0.1) is 0 Å². The van der Waals surface area contributed by atoms with Crippen LogP contribution in [0.1, 0.15) is 15.9 Å². The van der Waals surface area contributed by atoms with Crippen molar-refractivity contribution in [3.8, 4) is 11.5 Å². The molecular formula is C25H23N5O5S. The lowest BCUT2D eigenvalue weighted by molar-refractivity contribution is 0.0996. The van der Waals surface area contributed by atoms with Gasteiger partial charge in [-0.15, -0.1) is 0 Å². The van der Waals surface area contributed by atoms with E-state index < -0.39 is 15.7 Å². The number of hydrogen-bond acceptors (Lipinski definition) is 8. The largest absolute Gasteiger partial charge is 0.491 e. The SMILES string of the molecule is COc1c(OCc2ccc(S(C)(=O)=O)cc2)ccc2c3n(c(=NC(=O)c4cccnc4)nc12)CCN3. The number of carbonyl (C=O) groups is 1. The van der Waals surface area contributed by atoms with Gasteiger partial charge in [-0.1, -0.05) is 12.1 Å². The van der Waals surface area contributed by atoms with Crippen LogP contribution in [0.4, 0.5) is 5.82 Å². The molecule has 1 amide bonds. The van der Waals surface area contributed by atoms with Gasteiger partial charge in [-0.2, -0.15) is 4.99 Å². The minimum Gasteiger partial charge on any atom is -0.491 e. The van der Waals surface area contributed by atoms with Gasteiger partial charge in [0.25, 0.3) is 5.91 Å². The van der Waals surface area contributed by atoms with Gasteiger partial charge in [0, 0.05) is 37.1 Å². The van der Waals surface area contributed by atoms with Gasteiger partial charge in [0.1, 0.15) is 17.9 Å². The van der Waals surface area contributed by atoms with Crippen LogP contribution in [0.2, 0.25) is 0 Å².